The molecule has 0 unspecified atom stereocenters. The number of nitrogens with zero attached hydrogens (tertiary/aromatic N) is 1. The molecule has 0 aliphatic rings. The Labute approximate surface area is 218 Å². The number of rotatable bonds is 10. The fourth-order valence-corrected chi connectivity index (χ4v) is 3.74. The number of benzene rings is 2. The van der Waals surface area contributed by atoms with Gasteiger partial charge in [-0.15, -0.1) is 0 Å². The normalized spacial score (nSPS) is 12.1. The SMILES string of the molecule is CC(C)C[C@H](NC(=O)COc1ccc(Cl)cc1)C(=O)N/N=C\c1ccc(-c2ccc(Cl)cc2Cl)o1. The molecule has 0 fully saturated rings. The molecular weight excluding hydrogens is 513 g/mol. The van der Waals surface area contributed by atoms with Gasteiger partial charge in [0.25, 0.3) is 11.8 Å². The second-order valence-electron chi connectivity index (χ2n) is 8.05. The third-order valence-electron chi connectivity index (χ3n) is 4.73. The maximum Gasteiger partial charge on any atom is 0.262 e. The van der Waals surface area contributed by atoms with Gasteiger partial charge in [0, 0.05) is 15.6 Å². The lowest BCUT2D eigenvalue weighted by Gasteiger charge is -2.19. The van der Waals surface area contributed by atoms with Crippen molar-refractivity contribution >= 4 is 52.8 Å². The lowest BCUT2D eigenvalue weighted by molar-refractivity contribution is -0.130. The first kappa shape index (κ1) is 26.6. The Kier molecular flexibility index (Phi) is 9.60. The molecule has 2 amide bonds. The van der Waals surface area contributed by atoms with Crippen LogP contribution in [0.25, 0.3) is 11.3 Å². The van der Waals surface area contributed by atoms with E-state index in [2.05, 4.69) is 15.8 Å². The van der Waals surface area contributed by atoms with Crippen LogP contribution >= 0.6 is 34.8 Å². The highest BCUT2D eigenvalue weighted by Crippen LogP contribution is 2.31. The number of carbonyl (C=O) groups is 2. The summed E-state index contributed by atoms with van der Waals surface area (Å²) in [5, 5.41) is 8.19. The predicted molar refractivity (Wildman–Crippen MR) is 138 cm³/mol. The maximum absolute atomic E-state index is 12.7. The van der Waals surface area contributed by atoms with Crippen LogP contribution < -0.4 is 15.5 Å². The summed E-state index contributed by atoms with van der Waals surface area (Å²) in [6.07, 6.45) is 1.79. The average Bonchev–Trinajstić information content (AvgIpc) is 3.26. The molecule has 0 bridgehead atoms. The van der Waals surface area contributed by atoms with E-state index < -0.39 is 17.9 Å². The van der Waals surface area contributed by atoms with E-state index in [0.717, 1.165) is 0 Å². The van der Waals surface area contributed by atoms with Crippen LogP contribution in [-0.4, -0.2) is 30.7 Å². The van der Waals surface area contributed by atoms with Crippen LogP contribution in [-0.2, 0) is 9.59 Å². The van der Waals surface area contributed by atoms with Gasteiger partial charge in [-0.05, 0) is 66.9 Å². The van der Waals surface area contributed by atoms with Crippen LogP contribution in [0.1, 0.15) is 26.0 Å². The highest BCUT2D eigenvalue weighted by molar-refractivity contribution is 6.36. The first-order valence-electron chi connectivity index (χ1n) is 10.8. The molecule has 0 aliphatic carbocycles. The van der Waals surface area contributed by atoms with Crippen molar-refractivity contribution in [3.05, 3.63) is 75.4 Å². The van der Waals surface area contributed by atoms with Crippen molar-refractivity contribution in [2.45, 2.75) is 26.3 Å². The van der Waals surface area contributed by atoms with Crippen molar-refractivity contribution in [3.63, 3.8) is 0 Å². The molecule has 35 heavy (non-hydrogen) atoms. The zero-order valence-corrected chi connectivity index (χ0v) is 21.3. The molecule has 0 radical (unpaired) electrons. The topological polar surface area (TPSA) is 92.9 Å². The van der Waals surface area contributed by atoms with Crippen LogP contribution in [0.5, 0.6) is 5.75 Å². The van der Waals surface area contributed by atoms with E-state index in [1.165, 1.54) is 6.21 Å². The first-order valence-corrected chi connectivity index (χ1v) is 11.9. The first-order chi connectivity index (χ1) is 16.7. The molecule has 3 rings (SSSR count). The lowest BCUT2D eigenvalue weighted by Crippen LogP contribution is -2.47. The number of hydrazone groups is 1. The van der Waals surface area contributed by atoms with E-state index >= 15 is 0 Å². The zero-order chi connectivity index (χ0) is 25.4. The number of halogens is 3. The Balaban J connectivity index is 1.56. The second-order valence-corrected chi connectivity index (χ2v) is 9.33. The highest BCUT2D eigenvalue weighted by atomic mass is 35.5. The summed E-state index contributed by atoms with van der Waals surface area (Å²) >= 11 is 18.0. The third-order valence-corrected chi connectivity index (χ3v) is 5.53. The molecule has 10 heteroatoms. The van der Waals surface area contributed by atoms with Gasteiger partial charge in [-0.2, -0.15) is 5.10 Å². The molecule has 3 aromatic rings. The average molecular weight is 537 g/mol. The molecule has 0 saturated carbocycles. The van der Waals surface area contributed by atoms with Gasteiger partial charge >= 0.3 is 0 Å². The van der Waals surface area contributed by atoms with Gasteiger partial charge in [0.1, 0.15) is 23.3 Å². The van der Waals surface area contributed by atoms with E-state index in [1.807, 2.05) is 13.8 Å². The van der Waals surface area contributed by atoms with E-state index in [1.54, 1.807) is 54.6 Å². The van der Waals surface area contributed by atoms with Gasteiger partial charge in [-0.3, -0.25) is 9.59 Å². The van der Waals surface area contributed by atoms with Gasteiger partial charge in [-0.25, -0.2) is 5.43 Å². The highest BCUT2D eigenvalue weighted by Gasteiger charge is 2.22. The zero-order valence-electron chi connectivity index (χ0n) is 19.1. The molecule has 1 atom stereocenters. The van der Waals surface area contributed by atoms with Gasteiger partial charge in [0.2, 0.25) is 0 Å². The van der Waals surface area contributed by atoms with Crippen molar-refractivity contribution in [2.75, 3.05) is 6.61 Å². The molecule has 1 aromatic heterocycles. The molecule has 0 spiro atoms. The van der Waals surface area contributed by atoms with Gasteiger partial charge in [0.15, 0.2) is 6.61 Å². The van der Waals surface area contributed by atoms with E-state index in [-0.39, 0.29) is 12.5 Å². The predicted octanol–water partition coefficient (Wildman–Crippen LogP) is 5.97. The summed E-state index contributed by atoms with van der Waals surface area (Å²) in [6, 6.07) is 14.4. The second kappa shape index (κ2) is 12.6. The van der Waals surface area contributed by atoms with Gasteiger partial charge in [0.05, 0.1) is 11.2 Å². The standard InChI is InChI=1S/C25H24Cl3N3O4/c1-15(2)11-22(30-24(32)14-34-18-6-3-16(26)4-7-18)25(33)31-29-13-19-8-10-23(35-19)20-9-5-17(27)12-21(20)28/h3-10,12-13,15,22H,11,14H2,1-2H3,(H,30,32)(H,31,33)/b29-13-/t22-/m0/s1. The Morgan fingerprint density at radius 1 is 1.03 bits per heavy atom. The maximum atomic E-state index is 12.7. The quantitative estimate of drug-likeness (QED) is 0.247. The molecule has 1 heterocycles. The number of carbonyl (C=O) groups excluding carboxylic acids is 2. The fraction of sp³-hybridized carbons (Fsp3) is 0.240. The summed E-state index contributed by atoms with van der Waals surface area (Å²) in [5.74, 6) is 0.709. The molecule has 0 aliphatic heterocycles. The number of hydrogen-bond acceptors (Lipinski definition) is 5. The van der Waals surface area contributed by atoms with Crippen LogP contribution in [0, 0.1) is 5.92 Å². The third kappa shape index (κ3) is 8.31. The number of amides is 2. The largest absolute Gasteiger partial charge is 0.484 e. The lowest BCUT2D eigenvalue weighted by atomic mass is 10.0. The van der Waals surface area contributed by atoms with Crippen molar-refractivity contribution in [1.29, 1.82) is 0 Å². The Morgan fingerprint density at radius 2 is 1.74 bits per heavy atom. The van der Waals surface area contributed by atoms with Crippen molar-refractivity contribution in [3.8, 4) is 17.1 Å². The summed E-state index contributed by atoms with van der Waals surface area (Å²) < 4.78 is 11.2. The minimum absolute atomic E-state index is 0.156. The number of nitrogens with one attached hydrogen (secondary N) is 2. The monoisotopic (exact) mass is 535 g/mol. The molecule has 7 nitrogen and oxygen atoms in total. The van der Waals surface area contributed by atoms with Crippen LogP contribution in [0.15, 0.2) is 64.1 Å². The van der Waals surface area contributed by atoms with Gasteiger partial charge in [-0.1, -0.05) is 48.7 Å². The van der Waals surface area contributed by atoms with E-state index in [4.69, 9.17) is 44.0 Å². The van der Waals surface area contributed by atoms with Crippen molar-refractivity contribution < 1.29 is 18.7 Å². The number of ether oxygens (including phenoxy) is 1. The van der Waals surface area contributed by atoms with Crippen molar-refractivity contribution in [1.82, 2.24) is 10.7 Å². The van der Waals surface area contributed by atoms with Crippen molar-refractivity contribution in [2.24, 2.45) is 11.0 Å². The van der Waals surface area contributed by atoms with E-state index in [9.17, 15) is 9.59 Å². The Hall–Kier alpha value is -3.00. The summed E-state index contributed by atoms with van der Waals surface area (Å²) in [4.78, 5) is 25.0. The van der Waals surface area contributed by atoms with E-state index in [0.29, 0.717) is 44.3 Å². The summed E-state index contributed by atoms with van der Waals surface area (Å²) in [7, 11) is 0. The van der Waals surface area contributed by atoms with Crippen LogP contribution in [0.2, 0.25) is 15.1 Å². The minimum Gasteiger partial charge on any atom is -0.484 e. The smallest absolute Gasteiger partial charge is 0.262 e. The molecule has 2 aromatic carbocycles. The Morgan fingerprint density at radius 3 is 2.43 bits per heavy atom. The van der Waals surface area contributed by atoms with Crippen LogP contribution in [0.3, 0.4) is 0 Å². The summed E-state index contributed by atoms with van der Waals surface area (Å²) in [5.41, 5.74) is 3.13. The number of hydrogen-bond donors (Lipinski definition) is 2. The summed E-state index contributed by atoms with van der Waals surface area (Å²) in [6.45, 7) is 3.66. The minimum atomic E-state index is -0.784. The molecule has 0 saturated heterocycles. The molecule has 2 N–H and O–H groups in total. The molecular formula is C25H24Cl3N3O4. The Bertz CT molecular complexity index is 1190. The molecule has 184 valence electrons. The van der Waals surface area contributed by atoms with Crippen LogP contribution in [0.4, 0.5) is 0 Å². The van der Waals surface area contributed by atoms with Gasteiger partial charge < -0.3 is 14.5 Å². The fourth-order valence-electron chi connectivity index (χ4n) is 3.11. The number of furan rings is 1.